The molecule has 1 heteroatoms. The molecule has 0 bridgehead atoms. The van der Waals surface area contributed by atoms with E-state index in [9.17, 15) is 0 Å². The Hall–Kier alpha value is -1.50. The summed E-state index contributed by atoms with van der Waals surface area (Å²) in [6.45, 7) is 2.12. The minimum Gasteiger partial charge on any atom is -0.0878 e. The highest BCUT2D eigenvalue weighted by molar-refractivity contribution is 6.53. The van der Waals surface area contributed by atoms with Gasteiger partial charge in [0, 0.05) is 0 Å². The molecule has 2 rings (SSSR count). The Morgan fingerprint density at radius 1 is 0.875 bits per heavy atom. The molecule has 0 atom stereocenters. The first-order chi connectivity index (χ1) is 7.84. The Morgan fingerprint density at radius 2 is 1.56 bits per heavy atom. The number of aryl methyl sites for hydroxylation is 2. The highest BCUT2D eigenvalue weighted by atomic mass is 13.9. The average molecular weight is 207 g/mol. The van der Waals surface area contributed by atoms with E-state index in [0.717, 1.165) is 12.7 Å². The molecule has 0 spiro atoms. The molecule has 2 aromatic carbocycles. The van der Waals surface area contributed by atoms with Crippen molar-refractivity contribution in [3.63, 3.8) is 0 Å². The zero-order chi connectivity index (χ0) is 11.2. The molecule has 1 radical (unpaired) electrons. The lowest BCUT2D eigenvalue weighted by molar-refractivity contribution is 1.12. The quantitative estimate of drug-likeness (QED) is 0.676. The minimum absolute atomic E-state index is 1.10. The number of hydrogen-bond donors (Lipinski definition) is 0. The van der Waals surface area contributed by atoms with Crippen molar-refractivity contribution in [3.05, 3.63) is 65.7 Å². The van der Waals surface area contributed by atoms with Crippen LogP contribution in [-0.2, 0) is 6.42 Å². The fraction of sp³-hybridized carbons (Fsp3) is 0.200. The molecule has 0 aromatic heterocycles. The van der Waals surface area contributed by atoms with Gasteiger partial charge >= 0.3 is 0 Å². The van der Waals surface area contributed by atoms with Crippen molar-refractivity contribution >= 4 is 12.7 Å². The Labute approximate surface area is 98.6 Å². The third-order valence-electron chi connectivity index (χ3n) is 2.73. The van der Waals surface area contributed by atoms with Crippen molar-refractivity contribution in [3.8, 4) is 0 Å². The van der Waals surface area contributed by atoms with E-state index in [4.69, 9.17) is 0 Å². The van der Waals surface area contributed by atoms with Gasteiger partial charge in [-0.3, -0.25) is 0 Å². The van der Waals surface area contributed by atoms with Gasteiger partial charge in [0.2, 0.25) is 0 Å². The Morgan fingerprint density at radius 3 is 2.25 bits per heavy atom. The van der Waals surface area contributed by atoms with Gasteiger partial charge in [-0.2, -0.15) is 0 Å². The van der Waals surface area contributed by atoms with E-state index in [2.05, 4.69) is 68.8 Å². The van der Waals surface area contributed by atoms with Crippen LogP contribution < -0.4 is 5.46 Å². The van der Waals surface area contributed by atoms with Crippen LogP contribution in [0.25, 0.3) is 0 Å². The summed E-state index contributed by atoms with van der Waals surface area (Å²) in [5.41, 5.74) is 4.06. The molecule has 0 aliphatic rings. The fourth-order valence-electron chi connectivity index (χ4n) is 1.75. The summed E-state index contributed by atoms with van der Waals surface area (Å²) in [4.78, 5) is 0. The number of rotatable bonds is 4. The van der Waals surface area contributed by atoms with Gasteiger partial charge in [0.05, 0.1) is 0 Å². The van der Waals surface area contributed by atoms with Gasteiger partial charge < -0.3 is 0 Å². The van der Waals surface area contributed by atoms with Gasteiger partial charge in [-0.25, -0.2) is 0 Å². The van der Waals surface area contributed by atoms with E-state index in [0.29, 0.717) is 0 Å². The molecular weight excluding hydrogens is 191 g/mol. The predicted molar refractivity (Wildman–Crippen MR) is 71.5 cm³/mol. The van der Waals surface area contributed by atoms with Crippen molar-refractivity contribution < 1.29 is 0 Å². The summed E-state index contributed by atoms with van der Waals surface area (Å²) in [5.74, 6) is 0. The zero-order valence-electron chi connectivity index (χ0n) is 9.69. The molecule has 0 heterocycles. The second-order valence-corrected chi connectivity index (χ2v) is 4.14. The second-order valence-electron chi connectivity index (χ2n) is 4.14. The standard InChI is InChI=1S/C15H16B/c1-13-7-9-14(10-8-13)11-12-16-15-5-3-2-4-6-15/h2-10H,11-12H2,1H3. The molecule has 0 N–H and O–H groups in total. The van der Waals surface area contributed by atoms with Crippen LogP contribution in [0.2, 0.25) is 6.32 Å². The number of hydrogen-bond acceptors (Lipinski definition) is 0. The van der Waals surface area contributed by atoms with Gasteiger partial charge in [0.25, 0.3) is 0 Å². The molecular formula is C15H16B. The largest absolute Gasteiger partial charge is 0.151 e. The molecule has 79 valence electrons. The van der Waals surface area contributed by atoms with E-state index in [1.54, 1.807) is 0 Å². The maximum atomic E-state index is 2.29. The first-order valence-corrected chi connectivity index (χ1v) is 5.78. The fourth-order valence-corrected chi connectivity index (χ4v) is 1.75. The molecule has 2 aromatic rings. The maximum absolute atomic E-state index is 2.29. The second kappa shape index (κ2) is 5.55. The van der Waals surface area contributed by atoms with Crippen LogP contribution in [0.4, 0.5) is 0 Å². The van der Waals surface area contributed by atoms with Gasteiger partial charge in [-0.1, -0.05) is 71.9 Å². The summed E-state index contributed by atoms with van der Waals surface area (Å²) >= 11 is 0. The van der Waals surface area contributed by atoms with E-state index >= 15 is 0 Å². The highest BCUT2D eigenvalue weighted by Gasteiger charge is 1.96. The normalized spacial score (nSPS) is 10.1. The molecule has 0 saturated heterocycles. The van der Waals surface area contributed by atoms with E-state index in [1.807, 2.05) is 0 Å². The monoisotopic (exact) mass is 207 g/mol. The molecule has 0 aliphatic carbocycles. The van der Waals surface area contributed by atoms with Crippen LogP contribution in [0, 0.1) is 6.92 Å². The summed E-state index contributed by atoms with van der Waals surface area (Å²) in [6, 6.07) is 19.3. The van der Waals surface area contributed by atoms with Crippen LogP contribution in [-0.4, -0.2) is 7.28 Å². The van der Waals surface area contributed by atoms with Gasteiger partial charge in [0.1, 0.15) is 0 Å². The van der Waals surface area contributed by atoms with Gasteiger partial charge in [-0.05, 0) is 18.9 Å². The first kappa shape index (κ1) is 11.0. The molecule has 0 amide bonds. The molecule has 0 fully saturated rings. The van der Waals surface area contributed by atoms with Crippen LogP contribution in [0.5, 0.6) is 0 Å². The summed E-state index contributed by atoms with van der Waals surface area (Å²) in [6.07, 6.45) is 2.22. The van der Waals surface area contributed by atoms with Gasteiger partial charge in [0.15, 0.2) is 7.28 Å². The van der Waals surface area contributed by atoms with Crippen molar-refractivity contribution in [2.75, 3.05) is 0 Å². The molecule has 0 unspecified atom stereocenters. The summed E-state index contributed by atoms with van der Waals surface area (Å²) in [7, 11) is 2.29. The number of benzene rings is 2. The first-order valence-electron chi connectivity index (χ1n) is 5.78. The molecule has 0 aliphatic heterocycles. The van der Waals surface area contributed by atoms with E-state index in [-0.39, 0.29) is 0 Å². The van der Waals surface area contributed by atoms with Gasteiger partial charge in [-0.15, -0.1) is 0 Å². The van der Waals surface area contributed by atoms with Crippen LogP contribution in [0.3, 0.4) is 0 Å². The Balaban J connectivity index is 1.82. The highest BCUT2D eigenvalue weighted by Crippen LogP contribution is 2.05. The third kappa shape index (κ3) is 3.27. The van der Waals surface area contributed by atoms with Crippen LogP contribution in [0.1, 0.15) is 11.1 Å². The summed E-state index contributed by atoms with van der Waals surface area (Å²) in [5, 5.41) is 0. The molecule has 16 heavy (non-hydrogen) atoms. The average Bonchev–Trinajstić information content (AvgIpc) is 2.33. The minimum atomic E-state index is 1.10. The van der Waals surface area contributed by atoms with E-state index in [1.165, 1.54) is 16.6 Å². The topological polar surface area (TPSA) is 0 Å². The molecule has 0 nitrogen and oxygen atoms in total. The lowest BCUT2D eigenvalue weighted by Gasteiger charge is -2.01. The van der Waals surface area contributed by atoms with Crippen LogP contribution >= 0.6 is 0 Å². The van der Waals surface area contributed by atoms with Crippen molar-refractivity contribution in [2.45, 2.75) is 19.7 Å². The lowest BCUT2D eigenvalue weighted by atomic mass is 9.66. The van der Waals surface area contributed by atoms with Crippen LogP contribution in [0.15, 0.2) is 54.6 Å². The smallest absolute Gasteiger partial charge is 0.0878 e. The SMILES string of the molecule is Cc1ccc(CC[B]c2ccccc2)cc1. The Kier molecular flexibility index (Phi) is 3.82. The Bertz CT molecular complexity index is 417. The summed E-state index contributed by atoms with van der Waals surface area (Å²) < 4.78 is 0. The third-order valence-corrected chi connectivity index (χ3v) is 2.73. The van der Waals surface area contributed by atoms with E-state index < -0.39 is 0 Å². The van der Waals surface area contributed by atoms with Crippen molar-refractivity contribution in [1.82, 2.24) is 0 Å². The van der Waals surface area contributed by atoms with Crippen molar-refractivity contribution in [2.24, 2.45) is 0 Å². The zero-order valence-corrected chi connectivity index (χ0v) is 9.69. The van der Waals surface area contributed by atoms with Crippen molar-refractivity contribution in [1.29, 1.82) is 0 Å². The molecule has 0 saturated carbocycles. The maximum Gasteiger partial charge on any atom is 0.151 e. The lowest BCUT2D eigenvalue weighted by Crippen LogP contribution is -2.13. The predicted octanol–water partition coefficient (Wildman–Crippen LogP) is 2.99.